The van der Waals surface area contributed by atoms with Crippen molar-refractivity contribution in [3.63, 3.8) is 0 Å². The zero-order chi connectivity index (χ0) is 11.9. The van der Waals surface area contributed by atoms with Gasteiger partial charge in [-0.25, -0.2) is 4.72 Å². The number of hydrogen-bond donors (Lipinski definition) is 3. The van der Waals surface area contributed by atoms with Crippen molar-refractivity contribution in [3.05, 3.63) is 0 Å². The first-order chi connectivity index (χ1) is 6.77. The minimum absolute atomic E-state index is 0.437. The van der Waals surface area contributed by atoms with Gasteiger partial charge in [-0.05, 0) is 40.3 Å². The second kappa shape index (κ2) is 6.42. The molecule has 0 atom stereocenters. The molecule has 0 heterocycles. The van der Waals surface area contributed by atoms with Crippen LogP contribution >= 0.6 is 0 Å². The third-order valence-corrected chi connectivity index (χ3v) is 2.98. The first kappa shape index (κ1) is 14.8. The van der Waals surface area contributed by atoms with Crippen LogP contribution in [0.5, 0.6) is 0 Å². The van der Waals surface area contributed by atoms with E-state index in [4.69, 9.17) is 0 Å². The number of hydrogen-bond acceptors (Lipinski definition) is 3. The minimum atomic E-state index is -3.35. The summed E-state index contributed by atoms with van der Waals surface area (Å²) >= 11 is 0. The van der Waals surface area contributed by atoms with Crippen LogP contribution in [0.15, 0.2) is 0 Å². The lowest BCUT2D eigenvalue weighted by molar-refractivity contribution is 0.482. The van der Waals surface area contributed by atoms with Crippen LogP contribution in [0.2, 0.25) is 0 Å². The minimum Gasteiger partial charge on any atom is -0.317 e. The van der Waals surface area contributed by atoms with Crippen molar-refractivity contribution < 1.29 is 8.42 Å². The van der Waals surface area contributed by atoms with Crippen molar-refractivity contribution >= 4 is 10.2 Å². The highest BCUT2D eigenvalue weighted by Crippen LogP contribution is 2.00. The summed E-state index contributed by atoms with van der Waals surface area (Å²) in [4.78, 5) is 0. The van der Waals surface area contributed by atoms with Crippen LogP contribution in [0.25, 0.3) is 0 Å². The Morgan fingerprint density at radius 3 is 2.20 bits per heavy atom. The fourth-order valence-electron chi connectivity index (χ4n) is 1.04. The maximum atomic E-state index is 11.4. The van der Waals surface area contributed by atoms with E-state index in [0.29, 0.717) is 6.54 Å². The number of rotatable bonds is 7. The molecule has 0 rings (SSSR count). The molecule has 0 aliphatic heterocycles. The van der Waals surface area contributed by atoms with Crippen LogP contribution in [0.3, 0.4) is 0 Å². The third kappa shape index (κ3) is 10.1. The average Bonchev–Trinajstić information content (AvgIpc) is 1.99. The Labute approximate surface area is 93.2 Å². The topological polar surface area (TPSA) is 70.2 Å². The van der Waals surface area contributed by atoms with Gasteiger partial charge in [0, 0.05) is 12.1 Å². The van der Waals surface area contributed by atoms with Crippen molar-refractivity contribution in [1.82, 2.24) is 14.8 Å². The van der Waals surface area contributed by atoms with Gasteiger partial charge in [-0.3, -0.25) is 0 Å². The number of nitrogens with one attached hydrogen (secondary N) is 3. The zero-order valence-corrected chi connectivity index (χ0v) is 10.9. The Balaban J connectivity index is 3.76. The average molecular weight is 237 g/mol. The van der Waals surface area contributed by atoms with Gasteiger partial charge < -0.3 is 5.32 Å². The van der Waals surface area contributed by atoms with Crippen molar-refractivity contribution in [1.29, 1.82) is 0 Å². The molecule has 0 aliphatic carbocycles. The van der Waals surface area contributed by atoms with E-state index in [1.807, 2.05) is 27.7 Å². The maximum absolute atomic E-state index is 11.4. The Kier molecular flexibility index (Phi) is 6.35. The van der Waals surface area contributed by atoms with E-state index in [1.54, 1.807) is 0 Å². The Morgan fingerprint density at radius 1 is 1.13 bits per heavy atom. The molecular weight excluding hydrogens is 214 g/mol. The van der Waals surface area contributed by atoms with Gasteiger partial charge in [-0.15, -0.1) is 0 Å². The fraction of sp³-hybridized carbons (Fsp3) is 1.00. The van der Waals surface area contributed by atoms with Crippen LogP contribution in [0.4, 0.5) is 0 Å². The summed E-state index contributed by atoms with van der Waals surface area (Å²) in [5, 5.41) is 3.13. The molecule has 0 bridgehead atoms. The first-order valence-electron chi connectivity index (χ1n) is 5.26. The third-order valence-electron chi connectivity index (χ3n) is 1.51. The standard InChI is InChI=1S/C9H23N3O2S/c1-5-10-7-6-8-11-15(13,14)12-9(2,3)4/h10-12H,5-8H2,1-4H3. The molecule has 0 saturated heterocycles. The van der Waals surface area contributed by atoms with E-state index in [-0.39, 0.29) is 0 Å². The van der Waals surface area contributed by atoms with E-state index in [9.17, 15) is 8.42 Å². The summed E-state index contributed by atoms with van der Waals surface area (Å²) in [5.74, 6) is 0. The molecular formula is C9H23N3O2S. The SMILES string of the molecule is CCNCCCNS(=O)(=O)NC(C)(C)C. The van der Waals surface area contributed by atoms with Gasteiger partial charge >= 0.3 is 0 Å². The largest absolute Gasteiger partial charge is 0.317 e. The normalized spacial score (nSPS) is 13.1. The van der Waals surface area contributed by atoms with Crippen molar-refractivity contribution in [3.8, 4) is 0 Å². The molecule has 3 N–H and O–H groups in total. The second-order valence-corrected chi connectivity index (χ2v) is 5.96. The molecule has 6 heteroatoms. The van der Waals surface area contributed by atoms with E-state index in [0.717, 1.165) is 19.5 Å². The van der Waals surface area contributed by atoms with Crippen molar-refractivity contribution in [2.75, 3.05) is 19.6 Å². The van der Waals surface area contributed by atoms with Gasteiger partial charge in [0.15, 0.2) is 0 Å². The molecule has 15 heavy (non-hydrogen) atoms. The van der Waals surface area contributed by atoms with Gasteiger partial charge in [-0.1, -0.05) is 6.92 Å². The van der Waals surface area contributed by atoms with E-state index in [1.165, 1.54) is 0 Å². The molecule has 0 saturated carbocycles. The molecule has 0 amide bonds. The monoisotopic (exact) mass is 237 g/mol. The summed E-state index contributed by atoms with van der Waals surface area (Å²) in [7, 11) is -3.35. The summed E-state index contributed by atoms with van der Waals surface area (Å²) in [6.45, 7) is 9.64. The van der Waals surface area contributed by atoms with Crippen LogP contribution in [-0.4, -0.2) is 33.6 Å². The lowest BCUT2D eigenvalue weighted by Crippen LogP contribution is -2.47. The molecule has 0 spiro atoms. The summed E-state index contributed by atoms with van der Waals surface area (Å²) in [5.41, 5.74) is -0.437. The van der Waals surface area contributed by atoms with Gasteiger partial charge in [0.1, 0.15) is 0 Å². The Morgan fingerprint density at radius 2 is 1.73 bits per heavy atom. The van der Waals surface area contributed by atoms with Gasteiger partial charge in [0.2, 0.25) is 0 Å². The molecule has 92 valence electrons. The van der Waals surface area contributed by atoms with Crippen LogP contribution in [0.1, 0.15) is 34.1 Å². The highest BCUT2D eigenvalue weighted by molar-refractivity contribution is 7.87. The highest BCUT2D eigenvalue weighted by Gasteiger charge is 2.18. The van der Waals surface area contributed by atoms with Crippen LogP contribution in [0, 0.1) is 0 Å². The molecule has 0 aliphatic rings. The summed E-state index contributed by atoms with van der Waals surface area (Å²) in [6.07, 6.45) is 0.791. The lowest BCUT2D eigenvalue weighted by Gasteiger charge is -2.20. The smallest absolute Gasteiger partial charge is 0.277 e. The van der Waals surface area contributed by atoms with E-state index in [2.05, 4.69) is 14.8 Å². The molecule has 0 aromatic rings. The molecule has 0 aromatic carbocycles. The van der Waals surface area contributed by atoms with Crippen molar-refractivity contribution in [2.45, 2.75) is 39.7 Å². The van der Waals surface area contributed by atoms with Gasteiger partial charge in [0.05, 0.1) is 0 Å². The predicted molar refractivity (Wildman–Crippen MR) is 63.0 cm³/mol. The fourth-order valence-corrected chi connectivity index (χ4v) is 2.33. The molecule has 5 nitrogen and oxygen atoms in total. The summed E-state index contributed by atoms with van der Waals surface area (Å²) < 4.78 is 27.9. The van der Waals surface area contributed by atoms with Gasteiger partial charge in [-0.2, -0.15) is 13.1 Å². The Hall–Kier alpha value is -0.170. The highest BCUT2D eigenvalue weighted by atomic mass is 32.2. The predicted octanol–water partition coefficient (Wildman–Crippen LogP) is 0.209. The zero-order valence-electron chi connectivity index (χ0n) is 10.1. The molecule has 0 fully saturated rings. The van der Waals surface area contributed by atoms with E-state index >= 15 is 0 Å². The second-order valence-electron chi connectivity index (χ2n) is 4.46. The Bertz CT molecular complexity index is 257. The van der Waals surface area contributed by atoms with Gasteiger partial charge in [0.25, 0.3) is 10.2 Å². The maximum Gasteiger partial charge on any atom is 0.277 e. The molecule has 0 radical (unpaired) electrons. The quantitative estimate of drug-likeness (QED) is 0.554. The lowest BCUT2D eigenvalue weighted by atomic mass is 10.1. The van der Waals surface area contributed by atoms with E-state index < -0.39 is 15.7 Å². The summed E-state index contributed by atoms with van der Waals surface area (Å²) in [6, 6.07) is 0. The van der Waals surface area contributed by atoms with Crippen LogP contribution in [-0.2, 0) is 10.2 Å². The molecule has 0 unspecified atom stereocenters. The van der Waals surface area contributed by atoms with Crippen LogP contribution < -0.4 is 14.8 Å². The first-order valence-corrected chi connectivity index (χ1v) is 6.74. The van der Waals surface area contributed by atoms with Crippen molar-refractivity contribution in [2.24, 2.45) is 0 Å². The molecule has 0 aromatic heterocycles.